The number of hydrogen-bond donors (Lipinski definition) is 2. The Kier molecular flexibility index (Phi) is 4.78. The van der Waals surface area contributed by atoms with Crippen molar-refractivity contribution in [2.75, 3.05) is 25.0 Å². The van der Waals surface area contributed by atoms with Crippen molar-refractivity contribution in [2.45, 2.75) is 37.8 Å². The molecule has 1 aromatic carbocycles. The van der Waals surface area contributed by atoms with E-state index in [1.54, 1.807) is 12.1 Å². The van der Waals surface area contributed by atoms with E-state index in [1.807, 2.05) is 12.1 Å². The van der Waals surface area contributed by atoms with Crippen molar-refractivity contribution in [1.29, 1.82) is 0 Å². The number of amides is 1. The first kappa shape index (κ1) is 14.8. The van der Waals surface area contributed by atoms with E-state index in [4.69, 9.17) is 11.6 Å². The molecule has 2 unspecified atom stereocenters. The van der Waals surface area contributed by atoms with Crippen LogP contribution in [0.4, 0.5) is 5.69 Å². The summed E-state index contributed by atoms with van der Waals surface area (Å²) in [4.78, 5) is 14.5. The van der Waals surface area contributed by atoms with Gasteiger partial charge in [-0.25, -0.2) is 0 Å². The maximum atomic E-state index is 12.0. The monoisotopic (exact) mass is 307 g/mol. The van der Waals surface area contributed by atoms with Gasteiger partial charge in [-0.15, -0.1) is 0 Å². The van der Waals surface area contributed by atoms with Crippen LogP contribution in [0.3, 0.4) is 0 Å². The fourth-order valence-electron chi connectivity index (χ4n) is 3.39. The molecule has 4 nitrogen and oxygen atoms in total. The van der Waals surface area contributed by atoms with Crippen LogP contribution in [0.2, 0.25) is 5.02 Å². The summed E-state index contributed by atoms with van der Waals surface area (Å²) in [5, 5.41) is 6.96. The quantitative estimate of drug-likeness (QED) is 0.898. The van der Waals surface area contributed by atoms with Crippen LogP contribution in [0.15, 0.2) is 24.3 Å². The number of hydrogen-bond acceptors (Lipinski definition) is 3. The van der Waals surface area contributed by atoms with E-state index in [-0.39, 0.29) is 5.91 Å². The summed E-state index contributed by atoms with van der Waals surface area (Å²) >= 11 is 5.83. The first-order chi connectivity index (χ1) is 10.2. The number of anilines is 1. The van der Waals surface area contributed by atoms with E-state index in [0.29, 0.717) is 17.6 Å². The van der Waals surface area contributed by atoms with Crippen molar-refractivity contribution in [3.8, 4) is 0 Å². The first-order valence-electron chi connectivity index (χ1n) is 7.73. The molecule has 2 heterocycles. The van der Waals surface area contributed by atoms with Crippen molar-refractivity contribution >= 4 is 23.2 Å². The highest BCUT2D eigenvalue weighted by atomic mass is 35.5. The Balaban J connectivity index is 1.42. The Hall–Kier alpha value is -1.10. The molecule has 2 fully saturated rings. The van der Waals surface area contributed by atoms with Gasteiger partial charge in [0, 0.05) is 22.8 Å². The number of carbonyl (C=O) groups excluding carboxylic acids is 1. The second-order valence-electron chi connectivity index (χ2n) is 5.99. The van der Waals surface area contributed by atoms with Gasteiger partial charge in [-0.3, -0.25) is 4.79 Å². The molecule has 21 heavy (non-hydrogen) atoms. The van der Waals surface area contributed by atoms with Crippen molar-refractivity contribution in [3.05, 3.63) is 29.3 Å². The third-order valence-electron chi connectivity index (χ3n) is 4.50. The molecule has 2 aliphatic heterocycles. The van der Waals surface area contributed by atoms with Crippen LogP contribution in [-0.4, -0.2) is 42.5 Å². The average molecular weight is 308 g/mol. The molecule has 2 aliphatic rings. The van der Waals surface area contributed by atoms with Gasteiger partial charge in [0.25, 0.3) is 0 Å². The van der Waals surface area contributed by atoms with Crippen molar-refractivity contribution < 1.29 is 4.79 Å². The van der Waals surface area contributed by atoms with Crippen LogP contribution in [0.1, 0.15) is 25.7 Å². The zero-order valence-corrected chi connectivity index (χ0v) is 12.9. The summed E-state index contributed by atoms with van der Waals surface area (Å²) in [6.07, 6.45) is 4.96. The Morgan fingerprint density at radius 2 is 2.05 bits per heavy atom. The van der Waals surface area contributed by atoms with Crippen molar-refractivity contribution in [2.24, 2.45) is 0 Å². The van der Waals surface area contributed by atoms with E-state index < -0.39 is 0 Å². The summed E-state index contributed by atoms with van der Waals surface area (Å²) in [6, 6.07) is 8.39. The fraction of sp³-hybridized carbons (Fsp3) is 0.562. The van der Waals surface area contributed by atoms with Crippen LogP contribution < -0.4 is 10.6 Å². The Morgan fingerprint density at radius 3 is 2.86 bits per heavy atom. The fourth-order valence-corrected chi connectivity index (χ4v) is 3.51. The number of nitrogens with zero attached hydrogens (tertiary/aromatic N) is 1. The van der Waals surface area contributed by atoms with Gasteiger partial charge in [-0.1, -0.05) is 11.6 Å². The van der Waals surface area contributed by atoms with Crippen LogP contribution in [0.25, 0.3) is 0 Å². The Morgan fingerprint density at radius 1 is 1.24 bits per heavy atom. The summed E-state index contributed by atoms with van der Waals surface area (Å²) in [5.74, 6) is 0.00572. The number of rotatable bonds is 4. The van der Waals surface area contributed by atoms with Crippen LogP contribution in [0.5, 0.6) is 0 Å². The van der Waals surface area contributed by atoms with Gasteiger partial charge in [-0.2, -0.15) is 0 Å². The third-order valence-corrected chi connectivity index (χ3v) is 4.75. The van der Waals surface area contributed by atoms with Crippen LogP contribution in [-0.2, 0) is 4.79 Å². The third kappa shape index (κ3) is 3.96. The van der Waals surface area contributed by atoms with Crippen LogP contribution >= 0.6 is 11.6 Å². The molecule has 5 heteroatoms. The van der Waals surface area contributed by atoms with E-state index in [1.165, 1.54) is 32.4 Å². The maximum Gasteiger partial charge on any atom is 0.238 e. The SMILES string of the molecule is O=C(CNC1CCN2CCCC2C1)Nc1ccc(Cl)cc1. The van der Waals surface area contributed by atoms with Gasteiger partial charge >= 0.3 is 0 Å². The number of fused-ring (bicyclic) bond motifs is 1. The van der Waals surface area contributed by atoms with Crippen molar-refractivity contribution in [3.63, 3.8) is 0 Å². The molecule has 1 aromatic rings. The lowest BCUT2D eigenvalue weighted by Gasteiger charge is -2.35. The van der Waals surface area contributed by atoms with Gasteiger partial charge in [0.05, 0.1) is 6.54 Å². The second kappa shape index (κ2) is 6.77. The number of nitrogens with one attached hydrogen (secondary N) is 2. The average Bonchev–Trinajstić information content (AvgIpc) is 2.95. The minimum Gasteiger partial charge on any atom is -0.325 e. The van der Waals surface area contributed by atoms with E-state index in [0.717, 1.165) is 18.2 Å². The second-order valence-corrected chi connectivity index (χ2v) is 6.43. The molecular weight excluding hydrogens is 286 g/mol. The normalized spacial score (nSPS) is 25.6. The predicted molar refractivity (Wildman–Crippen MR) is 85.7 cm³/mol. The molecule has 2 N–H and O–H groups in total. The zero-order valence-electron chi connectivity index (χ0n) is 12.1. The molecule has 2 saturated heterocycles. The molecule has 114 valence electrons. The first-order valence-corrected chi connectivity index (χ1v) is 8.11. The Labute approximate surface area is 130 Å². The maximum absolute atomic E-state index is 12.0. The molecule has 0 aliphatic carbocycles. The van der Waals surface area contributed by atoms with Gasteiger partial charge in [-0.05, 0) is 63.0 Å². The predicted octanol–water partition coefficient (Wildman–Crippen LogP) is 2.49. The van der Waals surface area contributed by atoms with Gasteiger partial charge in [0.1, 0.15) is 0 Å². The minimum absolute atomic E-state index is 0.00572. The number of carbonyl (C=O) groups is 1. The van der Waals surface area contributed by atoms with Gasteiger partial charge in [0.15, 0.2) is 0 Å². The van der Waals surface area contributed by atoms with Crippen LogP contribution in [0, 0.1) is 0 Å². The summed E-state index contributed by atoms with van der Waals surface area (Å²) < 4.78 is 0. The zero-order chi connectivity index (χ0) is 14.7. The highest BCUT2D eigenvalue weighted by Gasteiger charge is 2.31. The highest BCUT2D eigenvalue weighted by Crippen LogP contribution is 2.26. The van der Waals surface area contributed by atoms with Gasteiger partial charge in [0.2, 0.25) is 5.91 Å². The highest BCUT2D eigenvalue weighted by molar-refractivity contribution is 6.30. The number of halogens is 1. The van der Waals surface area contributed by atoms with Crippen molar-refractivity contribution in [1.82, 2.24) is 10.2 Å². The molecule has 0 spiro atoms. The summed E-state index contributed by atoms with van der Waals surface area (Å²) in [7, 11) is 0. The molecule has 0 radical (unpaired) electrons. The van der Waals surface area contributed by atoms with E-state index in [9.17, 15) is 4.79 Å². The molecule has 0 bridgehead atoms. The lowest BCUT2D eigenvalue weighted by Crippen LogP contribution is -2.47. The molecular formula is C16H22ClN3O. The number of piperidine rings is 1. The molecule has 0 saturated carbocycles. The smallest absolute Gasteiger partial charge is 0.238 e. The Bertz CT molecular complexity index is 491. The van der Waals surface area contributed by atoms with E-state index in [2.05, 4.69) is 15.5 Å². The lowest BCUT2D eigenvalue weighted by molar-refractivity contribution is -0.115. The molecule has 0 aromatic heterocycles. The topological polar surface area (TPSA) is 44.4 Å². The van der Waals surface area contributed by atoms with E-state index >= 15 is 0 Å². The minimum atomic E-state index is 0.00572. The molecule has 2 atom stereocenters. The number of benzene rings is 1. The largest absolute Gasteiger partial charge is 0.325 e. The lowest BCUT2D eigenvalue weighted by atomic mass is 9.97. The molecule has 1 amide bonds. The summed E-state index contributed by atoms with van der Waals surface area (Å²) in [5.41, 5.74) is 0.789. The summed E-state index contributed by atoms with van der Waals surface area (Å²) in [6.45, 7) is 2.80. The van der Waals surface area contributed by atoms with Gasteiger partial charge < -0.3 is 15.5 Å². The molecule has 3 rings (SSSR count). The standard InChI is InChI=1S/C16H22ClN3O/c17-12-3-5-13(6-4-12)19-16(21)11-18-14-7-9-20-8-1-2-15(20)10-14/h3-6,14-15,18H,1-2,7-11H2,(H,19,21).